The van der Waals surface area contributed by atoms with Gasteiger partial charge in [0.1, 0.15) is 0 Å². The molecule has 1 aliphatic rings. The number of hydrogen-bond acceptors (Lipinski definition) is 2. The Hall–Kier alpha value is -3.06. The monoisotopic (exact) mass is 432 g/mol. The highest BCUT2D eigenvalue weighted by Crippen LogP contribution is 2.35. The van der Waals surface area contributed by atoms with Crippen LogP contribution in [0.5, 0.6) is 0 Å². The number of nitrogens with one attached hydrogen (secondary N) is 1. The lowest BCUT2D eigenvalue weighted by Crippen LogP contribution is -2.28. The Balaban J connectivity index is 1.55. The molecular weight excluding hydrogens is 417 g/mol. The molecule has 8 heteroatoms. The van der Waals surface area contributed by atoms with Crippen LogP contribution in [0, 0.1) is 5.92 Å². The van der Waals surface area contributed by atoms with Gasteiger partial charge in [0.2, 0.25) is 11.8 Å². The highest BCUT2D eigenvalue weighted by molar-refractivity contribution is 6.33. The van der Waals surface area contributed by atoms with Crippen molar-refractivity contribution in [1.29, 1.82) is 0 Å². The quantitative estimate of drug-likeness (QED) is 0.593. The first-order valence-corrected chi connectivity index (χ1v) is 9.57. The van der Waals surface area contributed by atoms with Gasteiger partial charge in [0, 0.05) is 18.4 Å². The van der Waals surface area contributed by atoms with E-state index in [1.54, 1.807) is 4.90 Å². The second kappa shape index (κ2) is 7.65. The van der Waals surface area contributed by atoms with Crippen LogP contribution in [-0.4, -0.2) is 18.4 Å². The van der Waals surface area contributed by atoms with E-state index in [2.05, 4.69) is 5.32 Å². The van der Waals surface area contributed by atoms with Crippen molar-refractivity contribution in [2.24, 2.45) is 5.92 Å². The maximum atomic E-state index is 12.9. The van der Waals surface area contributed by atoms with E-state index in [1.165, 1.54) is 0 Å². The van der Waals surface area contributed by atoms with Gasteiger partial charge in [0.05, 0.1) is 27.9 Å². The zero-order chi connectivity index (χ0) is 21.5. The first-order valence-electron chi connectivity index (χ1n) is 9.20. The summed E-state index contributed by atoms with van der Waals surface area (Å²) in [6.07, 6.45) is -4.59. The fourth-order valence-corrected chi connectivity index (χ4v) is 3.76. The van der Waals surface area contributed by atoms with Gasteiger partial charge in [-0.15, -0.1) is 0 Å². The second-order valence-electron chi connectivity index (χ2n) is 7.09. The Morgan fingerprint density at radius 3 is 2.57 bits per heavy atom. The zero-order valence-electron chi connectivity index (χ0n) is 15.5. The largest absolute Gasteiger partial charge is 0.416 e. The van der Waals surface area contributed by atoms with E-state index in [-0.39, 0.29) is 29.6 Å². The molecular formula is C22H16ClF3N2O2. The minimum Gasteiger partial charge on any atom is -0.324 e. The molecule has 4 rings (SSSR count). The van der Waals surface area contributed by atoms with Gasteiger partial charge in [-0.25, -0.2) is 0 Å². The number of carbonyl (C=O) groups is 2. The first-order chi connectivity index (χ1) is 14.2. The van der Waals surface area contributed by atoms with E-state index < -0.39 is 23.6 Å². The number of benzene rings is 3. The summed E-state index contributed by atoms with van der Waals surface area (Å²) in [5.74, 6) is -1.48. The van der Waals surface area contributed by atoms with Crippen molar-refractivity contribution in [2.75, 3.05) is 16.8 Å². The van der Waals surface area contributed by atoms with Crippen LogP contribution >= 0.6 is 11.6 Å². The van der Waals surface area contributed by atoms with Crippen LogP contribution in [0.15, 0.2) is 60.7 Å². The molecule has 0 radical (unpaired) electrons. The molecule has 1 heterocycles. The molecule has 0 bridgehead atoms. The normalized spacial score (nSPS) is 16.9. The number of nitrogens with zero attached hydrogens (tertiary/aromatic N) is 1. The van der Waals surface area contributed by atoms with Crippen molar-refractivity contribution in [3.05, 3.63) is 71.2 Å². The van der Waals surface area contributed by atoms with Crippen LogP contribution in [-0.2, 0) is 15.8 Å². The van der Waals surface area contributed by atoms with Crippen molar-refractivity contribution in [3.8, 4) is 0 Å². The van der Waals surface area contributed by atoms with E-state index in [0.717, 1.165) is 29.0 Å². The molecule has 1 fully saturated rings. The number of halogens is 4. The minimum atomic E-state index is -4.56. The van der Waals surface area contributed by atoms with Crippen molar-refractivity contribution in [1.82, 2.24) is 0 Å². The lowest BCUT2D eigenvalue weighted by molar-refractivity contribution is -0.137. The van der Waals surface area contributed by atoms with Gasteiger partial charge in [0.15, 0.2) is 0 Å². The van der Waals surface area contributed by atoms with E-state index in [9.17, 15) is 22.8 Å². The van der Waals surface area contributed by atoms with Crippen molar-refractivity contribution in [3.63, 3.8) is 0 Å². The molecule has 2 amide bonds. The van der Waals surface area contributed by atoms with Crippen molar-refractivity contribution >= 4 is 45.6 Å². The van der Waals surface area contributed by atoms with Crippen LogP contribution in [0.4, 0.5) is 24.5 Å². The number of anilines is 2. The molecule has 4 nitrogen and oxygen atoms in total. The van der Waals surface area contributed by atoms with Gasteiger partial charge >= 0.3 is 6.18 Å². The van der Waals surface area contributed by atoms with Gasteiger partial charge in [-0.3, -0.25) is 9.59 Å². The van der Waals surface area contributed by atoms with E-state index >= 15 is 0 Å². The summed E-state index contributed by atoms with van der Waals surface area (Å²) in [5, 5.41) is 4.29. The predicted octanol–water partition coefficient (Wildman–Crippen LogP) is 5.50. The summed E-state index contributed by atoms with van der Waals surface area (Å²) >= 11 is 5.96. The van der Waals surface area contributed by atoms with Crippen LogP contribution < -0.4 is 10.2 Å². The van der Waals surface area contributed by atoms with E-state index in [1.807, 2.05) is 42.5 Å². The van der Waals surface area contributed by atoms with Gasteiger partial charge in [-0.1, -0.05) is 48.0 Å². The average molecular weight is 433 g/mol. The van der Waals surface area contributed by atoms with Crippen LogP contribution in [0.1, 0.15) is 12.0 Å². The summed E-state index contributed by atoms with van der Waals surface area (Å²) in [4.78, 5) is 26.8. The third-order valence-corrected chi connectivity index (χ3v) is 5.43. The molecule has 1 atom stereocenters. The third kappa shape index (κ3) is 3.85. The highest BCUT2D eigenvalue weighted by Gasteiger charge is 2.36. The predicted molar refractivity (Wildman–Crippen MR) is 109 cm³/mol. The molecule has 0 aromatic heterocycles. The Kier molecular flexibility index (Phi) is 5.15. The molecule has 1 N–H and O–H groups in total. The minimum absolute atomic E-state index is 0.00779. The molecule has 0 spiro atoms. The molecule has 1 saturated heterocycles. The van der Waals surface area contributed by atoms with Crippen LogP contribution in [0.2, 0.25) is 5.02 Å². The maximum absolute atomic E-state index is 12.9. The number of hydrogen-bond donors (Lipinski definition) is 1. The number of fused-ring (bicyclic) bond motifs is 1. The van der Waals surface area contributed by atoms with Crippen LogP contribution in [0.3, 0.4) is 0 Å². The second-order valence-corrected chi connectivity index (χ2v) is 7.49. The first kappa shape index (κ1) is 20.2. The molecule has 0 aliphatic carbocycles. The lowest BCUT2D eigenvalue weighted by Gasteiger charge is -2.19. The number of rotatable bonds is 3. The van der Waals surface area contributed by atoms with Gasteiger partial charge in [-0.05, 0) is 29.7 Å². The molecule has 154 valence electrons. The molecule has 0 unspecified atom stereocenters. The smallest absolute Gasteiger partial charge is 0.324 e. The van der Waals surface area contributed by atoms with Gasteiger partial charge in [-0.2, -0.15) is 13.2 Å². The van der Waals surface area contributed by atoms with E-state index in [4.69, 9.17) is 11.6 Å². The van der Waals surface area contributed by atoms with Crippen molar-refractivity contribution in [2.45, 2.75) is 12.6 Å². The fraction of sp³-hybridized carbons (Fsp3) is 0.182. The standard InChI is InChI=1S/C22H16ClF3N2O2/c23-17-9-8-15(22(24,25)26)11-18(17)27-21(30)14-10-20(29)28(12-14)19-7-3-5-13-4-1-2-6-16(13)19/h1-9,11,14H,10,12H2,(H,27,30)/t14-/m1/s1. The summed E-state index contributed by atoms with van der Waals surface area (Å²) < 4.78 is 38.8. The molecule has 30 heavy (non-hydrogen) atoms. The maximum Gasteiger partial charge on any atom is 0.416 e. The Bertz CT molecular complexity index is 1140. The highest BCUT2D eigenvalue weighted by atomic mass is 35.5. The number of carbonyl (C=O) groups excluding carboxylic acids is 2. The summed E-state index contributed by atoms with van der Waals surface area (Å²) in [5.41, 5.74) is -0.347. The Labute approximate surface area is 175 Å². The third-order valence-electron chi connectivity index (χ3n) is 5.10. The topological polar surface area (TPSA) is 49.4 Å². The summed E-state index contributed by atoms with van der Waals surface area (Å²) in [6, 6.07) is 15.9. The molecule has 1 aliphatic heterocycles. The Morgan fingerprint density at radius 2 is 1.80 bits per heavy atom. The summed E-state index contributed by atoms with van der Waals surface area (Å²) in [7, 11) is 0. The summed E-state index contributed by atoms with van der Waals surface area (Å²) in [6.45, 7) is 0.134. The molecule has 3 aromatic carbocycles. The van der Waals surface area contributed by atoms with Crippen LogP contribution in [0.25, 0.3) is 10.8 Å². The van der Waals surface area contributed by atoms with E-state index in [0.29, 0.717) is 5.69 Å². The molecule has 0 saturated carbocycles. The lowest BCUT2D eigenvalue weighted by atomic mass is 10.1. The number of amides is 2. The van der Waals surface area contributed by atoms with Crippen molar-refractivity contribution < 1.29 is 22.8 Å². The average Bonchev–Trinajstić information content (AvgIpc) is 3.10. The SMILES string of the molecule is O=C(Nc1cc(C(F)(F)F)ccc1Cl)[C@@H]1CC(=O)N(c2cccc3ccccc23)C1. The fourth-order valence-electron chi connectivity index (χ4n) is 3.59. The van der Waals surface area contributed by atoms with Gasteiger partial charge < -0.3 is 10.2 Å². The zero-order valence-corrected chi connectivity index (χ0v) is 16.3. The Morgan fingerprint density at radius 1 is 1.07 bits per heavy atom. The van der Waals surface area contributed by atoms with Gasteiger partial charge in [0.25, 0.3) is 0 Å². The molecule has 3 aromatic rings. The number of alkyl halides is 3.